The molecule has 170 valence electrons. The molecule has 7 nitrogen and oxygen atoms in total. The molecule has 5 rings (SSSR count). The van der Waals surface area contributed by atoms with Gasteiger partial charge in [0, 0.05) is 11.3 Å². The Balaban J connectivity index is 1.69. The zero-order chi connectivity index (χ0) is 23.3. The molecule has 33 heavy (non-hydrogen) atoms. The minimum absolute atomic E-state index is 0.0292. The van der Waals surface area contributed by atoms with Gasteiger partial charge in [0.25, 0.3) is 0 Å². The lowest BCUT2D eigenvalue weighted by atomic mass is 9.89. The molecule has 0 fully saturated rings. The van der Waals surface area contributed by atoms with Crippen molar-refractivity contribution in [3.63, 3.8) is 0 Å². The maximum absolute atomic E-state index is 13.6. The average molecular weight is 457 g/mol. The van der Waals surface area contributed by atoms with E-state index >= 15 is 0 Å². The van der Waals surface area contributed by atoms with E-state index in [4.69, 9.17) is 9.57 Å². The Labute approximate surface area is 186 Å². The molecule has 2 atom stereocenters. The van der Waals surface area contributed by atoms with Crippen LogP contribution < -0.4 is 4.90 Å². The van der Waals surface area contributed by atoms with E-state index in [0.29, 0.717) is 40.8 Å². The summed E-state index contributed by atoms with van der Waals surface area (Å²) in [6, 6.07) is 10.0. The zero-order valence-electron chi connectivity index (χ0n) is 17.2. The van der Waals surface area contributed by atoms with Crippen LogP contribution in [0.5, 0.6) is 0 Å². The van der Waals surface area contributed by atoms with Crippen LogP contribution in [0.2, 0.25) is 0 Å². The highest BCUT2D eigenvalue weighted by Gasteiger charge is 2.48. The average Bonchev–Trinajstić information content (AvgIpc) is 3.15. The molecule has 2 aromatic carbocycles. The molecular formula is C23H18F3N3O4. The Bertz CT molecular complexity index is 1200. The van der Waals surface area contributed by atoms with Crippen LogP contribution in [0, 0.1) is 11.3 Å². The number of aliphatic hydroxyl groups excluding tert-OH is 1. The third kappa shape index (κ3) is 3.54. The van der Waals surface area contributed by atoms with Crippen molar-refractivity contribution in [3.05, 3.63) is 76.0 Å². The fourth-order valence-corrected chi connectivity index (χ4v) is 4.62. The van der Waals surface area contributed by atoms with Crippen molar-refractivity contribution < 1.29 is 32.6 Å². The van der Waals surface area contributed by atoms with Crippen LogP contribution in [-0.2, 0) is 22.4 Å². The number of carbonyl (C=O) groups excluding carboxylic acids is 1. The summed E-state index contributed by atoms with van der Waals surface area (Å²) < 4.78 is 45.5. The number of nitrogens with zero attached hydrogens (tertiary/aromatic N) is 3. The van der Waals surface area contributed by atoms with E-state index in [1.807, 2.05) is 0 Å². The Hall–Kier alpha value is -3.39. The van der Waals surface area contributed by atoms with Gasteiger partial charge in [0.2, 0.25) is 0 Å². The molecule has 1 aliphatic carbocycles. The van der Waals surface area contributed by atoms with Crippen LogP contribution in [0.3, 0.4) is 0 Å². The molecule has 1 N–H and O–H groups in total. The van der Waals surface area contributed by atoms with Gasteiger partial charge in [-0.05, 0) is 54.3 Å². The van der Waals surface area contributed by atoms with Gasteiger partial charge in [-0.25, -0.2) is 9.63 Å². The van der Waals surface area contributed by atoms with Crippen LogP contribution in [0.25, 0.3) is 0 Å². The van der Waals surface area contributed by atoms with E-state index in [1.165, 1.54) is 17.0 Å². The van der Waals surface area contributed by atoms with Crippen molar-refractivity contribution in [2.24, 2.45) is 0 Å². The van der Waals surface area contributed by atoms with E-state index < -0.39 is 29.9 Å². The quantitative estimate of drug-likeness (QED) is 0.687. The highest BCUT2D eigenvalue weighted by atomic mass is 19.4. The molecule has 2 aromatic rings. The lowest BCUT2D eigenvalue weighted by molar-refractivity contribution is -0.217. The number of nitriles is 1. The fourth-order valence-electron chi connectivity index (χ4n) is 4.62. The summed E-state index contributed by atoms with van der Waals surface area (Å²) in [6.07, 6.45) is -4.86. The molecular weight excluding hydrogens is 439 g/mol. The normalized spacial score (nSPS) is 22.8. The molecule has 2 aliphatic heterocycles. The highest BCUT2D eigenvalue weighted by Crippen LogP contribution is 2.48. The number of halogens is 3. The first kappa shape index (κ1) is 21.5. The Morgan fingerprint density at radius 2 is 2.00 bits per heavy atom. The molecule has 0 saturated heterocycles. The van der Waals surface area contributed by atoms with Gasteiger partial charge in [0.15, 0.2) is 6.79 Å². The van der Waals surface area contributed by atoms with Crippen LogP contribution in [-0.4, -0.2) is 29.1 Å². The number of hydroxylamine groups is 2. The number of hydrogen-bond donors (Lipinski definition) is 1. The lowest BCUT2D eigenvalue weighted by Gasteiger charge is -2.43. The Morgan fingerprint density at radius 1 is 1.18 bits per heavy atom. The number of hydrogen-bond acceptors (Lipinski definition) is 5. The minimum atomic E-state index is -4.58. The SMILES string of the molecule is N#Cc1ccc2c(c1)COCON1C(=O)N(c3cccc(C(F)(F)F)c3)C3=C(C(O)CC3)[C@@H]21. The second-order valence-corrected chi connectivity index (χ2v) is 7.97. The zero-order valence-corrected chi connectivity index (χ0v) is 17.2. The number of alkyl halides is 3. The summed E-state index contributed by atoms with van der Waals surface area (Å²) >= 11 is 0. The third-order valence-electron chi connectivity index (χ3n) is 6.06. The maximum Gasteiger partial charge on any atom is 0.416 e. The number of ether oxygens (including phenoxy) is 1. The number of rotatable bonds is 1. The second kappa shape index (κ2) is 7.88. The predicted octanol–water partition coefficient (Wildman–Crippen LogP) is 4.39. The summed E-state index contributed by atoms with van der Waals surface area (Å²) in [5.41, 5.74) is 1.79. The number of benzene rings is 2. The first-order valence-corrected chi connectivity index (χ1v) is 10.2. The van der Waals surface area contributed by atoms with E-state index in [1.54, 1.807) is 18.2 Å². The molecule has 0 radical (unpaired) electrons. The summed E-state index contributed by atoms with van der Waals surface area (Å²) in [7, 11) is 0. The topological polar surface area (TPSA) is 86.0 Å². The Kier molecular flexibility index (Phi) is 5.12. The van der Waals surface area contributed by atoms with Gasteiger partial charge in [-0.1, -0.05) is 12.1 Å². The number of carbonyl (C=O) groups is 1. The standard InChI is InChI=1S/C23H18F3N3O4/c24-23(25,26)15-2-1-3-16(9-15)28-18-6-7-19(30)20(18)21-17-5-4-13(10-27)8-14(17)11-32-12-33-29(21)22(28)31/h1-5,8-9,19,21,30H,6-7,11-12H2/t19?,21-/m1/s1. The van der Waals surface area contributed by atoms with Crippen molar-refractivity contribution in [3.8, 4) is 6.07 Å². The van der Waals surface area contributed by atoms with Gasteiger partial charge in [-0.3, -0.25) is 4.90 Å². The number of amides is 2. The number of aliphatic hydroxyl groups is 1. The molecule has 0 saturated carbocycles. The first-order chi connectivity index (χ1) is 15.8. The van der Waals surface area contributed by atoms with Crippen molar-refractivity contribution in [2.45, 2.75) is 37.8 Å². The largest absolute Gasteiger partial charge is 0.416 e. The smallest absolute Gasteiger partial charge is 0.389 e. The number of allylic oxidation sites excluding steroid dienone is 1. The summed E-state index contributed by atoms with van der Waals surface area (Å²) in [6.45, 7) is -0.146. The van der Waals surface area contributed by atoms with E-state index in [2.05, 4.69) is 6.07 Å². The predicted molar refractivity (Wildman–Crippen MR) is 108 cm³/mol. The lowest BCUT2D eigenvalue weighted by Crippen LogP contribution is -2.51. The van der Waals surface area contributed by atoms with Crippen LogP contribution in [0.15, 0.2) is 53.7 Å². The molecule has 1 unspecified atom stereocenters. The van der Waals surface area contributed by atoms with Crippen molar-refractivity contribution in [2.75, 3.05) is 11.7 Å². The van der Waals surface area contributed by atoms with Crippen LogP contribution in [0.4, 0.5) is 23.7 Å². The number of urea groups is 1. The number of anilines is 1. The van der Waals surface area contributed by atoms with Gasteiger partial charge >= 0.3 is 12.2 Å². The Morgan fingerprint density at radius 3 is 2.76 bits per heavy atom. The van der Waals surface area contributed by atoms with Crippen LogP contribution in [0.1, 0.15) is 41.1 Å². The molecule has 0 aromatic heterocycles. The molecule has 0 bridgehead atoms. The third-order valence-corrected chi connectivity index (χ3v) is 6.06. The van der Waals surface area contributed by atoms with Gasteiger partial charge in [-0.15, -0.1) is 0 Å². The summed E-state index contributed by atoms with van der Waals surface area (Å²) in [4.78, 5) is 20.4. The van der Waals surface area contributed by atoms with Crippen LogP contribution >= 0.6 is 0 Å². The monoisotopic (exact) mass is 457 g/mol. The molecule has 3 aliphatic rings. The van der Waals surface area contributed by atoms with Crippen molar-refractivity contribution in [1.82, 2.24) is 5.06 Å². The van der Waals surface area contributed by atoms with Crippen molar-refractivity contribution >= 4 is 11.7 Å². The summed E-state index contributed by atoms with van der Waals surface area (Å²) in [5.74, 6) is 0. The highest BCUT2D eigenvalue weighted by molar-refractivity contribution is 5.97. The fraction of sp³-hybridized carbons (Fsp3) is 0.304. The van der Waals surface area contributed by atoms with E-state index in [0.717, 1.165) is 17.2 Å². The van der Waals surface area contributed by atoms with E-state index in [-0.39, 0.29) is 19.1 Å². The molecule has 2 heterocycles. The van der Waals surface area contributed by atoms with E-state index in [9.17, 15) is 28.3 Å². The second-order valence-electron chi connectivity index (χ2n) is 7.97. The minimum Gasteiger partial charge on any atom is -0.389 e. The molecule has 0 spiro atoms. The maximum atomic E-state index is 13.6. The van der Waals surface area contributed by atoms with Gasteiger partial charge in [0.1, 0.15) is 6.04 Å². The number of fused-ring (bicyclic) bond motifs is 4. The molecule has 2 amide bonds. The molecule has 10 heteroatoms. The van der Waals surface area contributed by atoms with Gasteiger partial charge < -0.3 is 9.84 Å². The van der Waals surface area contributed by atoms with Gasteiger partial charge in [0.05, 0.1) is 35.6 Å². The van der Waals surface area contributed by atoms with Crippen molar-refractivity contribution in [1.29, 1.82) is 5.26 Å². The summed E-state index contributed by atoms with van der Waals surface area (Å²) in [5, 5.41) is 21.1. The first-order valence-electron chi connectivity index (χ1n) is 10.2. The van der Waals surface area contributed by atoms with Gasteiger partial charge in [-0.2, -0.15) is 23.5 Å².